The van der Waals surface area contributed by atoms with Crippen LogP contribution in [0.4, 0.5) is 5.69 Å². The molecule has 0 unspecified atom stereocenters. The Labute approximate surface area is 245 Å². The highest BCUT2D eigenvalue weighted by atomic mass is 16.6. The minimum atomic E-state index is -0.919. The molecule has 0 bridgehead atoms. The van der Waals surface area contributed by atoms with Crippen molar-refractivity contribution in [3.05, 3.63) is 99.0 Å². The first-order chi connectivity index (χ1) is 20.0. The zero-order chi connectivity index (χ0) is 30.6. The number of non-ortho nitro benzene ring substituents is 1. The van der Waals surface area contributed by atoms with Gasteiger partial charge in [0, 0.05) is 40.9 Å². The largest absolute Gasteiger partial charge is 0.462 e. The lowest BCUT2D eigenvalue weighted by molar-refractivity contribution is -0.384. The number of esters is 2. The molecular formula is C32H36N4O6. The summed E-state index contributed by atoms with van der Waals surface area (Å²) in [7, 11) is 0. The zero-order valence-electron chi connectivity index (χ0n) is 24.7. The van der Waals surface area contributed by atoms with Crippen molar-refractivity contribution in [3.8, 4) is 16.9 Å². The van der Waals surface area contributed by atoms with Gasteiger partial charge in [-0.2, -0.15) is 5.10 Å². The van der Waals surface area contributed by atoms with Crippen molar-refractivity contribution in [2.24, 2.45) is 11.8 Å². The van der Waals surface area contributed by atoms with Crippen molar-refractivity contribution < 1.29 is 24.0 Å². The van der Waals surface area contributed by atoms with E-state index in [-0.39, 0.29) is 41.9 Å². The fourth-order valence-electron chi connectivity index (χ4n) is 4.79. The van der Waals surface area contributed by atoms with E-state index in [0.717, 1.165) is 5.69 Å². The Hall–Kier alpha value is -4.73. The fourth-order valence-corrected chi connectivity index (χ4v) is 4.79. The topological polar surface area (TPSA) is 126 Å². The third-order valence-corrected chi connectivity index (χ3v) is 6.70. The van der Waals surface area contributed by atoms with Crippen molar-refractivity contribution in [2.45, 2.75) is 47.5 Å². The van der Waals surface area contributed by atoms with E-state index in [1.54, 1.807) is 36.9 Å². The van der Waals surface area contributed by atoms with Crippen LogP contribution in [0, 0.1) is 22.0 Å². The van der Waals surface area contributed by atoms with Gasteiger partial charge in [0.05, 0.1) is 46.6 Å². The van der Waals surface area contributed by atoms with Gasteiger partial charge in [0.15, 0.2) is 0 Å². The maximum atomic E-state index is 13.7. The van der Waals surface area contributed by atoms with Crippen LogP contribution in [0.15, 0.2) is 83.3 Å². The zero-order valence-corrected chi connectivity index (χ0v) is 24.7. The molecule has 42 heavy (non-hydrogen) atoms. The lowest BCUT2D eigenvalue weighted by Gasteiger charge is -2.30. The fraction of sp³-hybridized carbons (Fsp3) is 0.344. The molecule has 2 aromatic carbocycles. The number of carbonyl (C=O) groups is 2. The van der Waals surface area contributed by atoms with Crippen LogP contribution in [-0.2, 0) is 19.1 Å². The Morgan fingerprint density at radius 3 is 2.02 bits per heavy atom. The number of nitrogens with one attached hydrogen (secondary N) is 1. The molecule has 0 atom stereocenters. The lowest BCUT2D eigenvalue weighted by Crippen LogP contribution is -2.33. The molecule has 2 heterocycles. The van der Waals surface area contributed by atoms with E-state index >= 15 is 0 Å². The van der Waals surface area contributed by atoms with E-state index in [1.807, 2.05) is 58.0 Å². The molecule has 4 rings (SSSR count). The number of dihydropyridines is 1. The van der Waals surface area contributed by atoms with Crippen LogP contribution < -0.4 is 5.32 Å². The van der Waals surface area contributed by atoms with Gasteiger partial charge in [0.2, 0.25) is 0 Å². The van der Waals surface area contributed by atoms with Crippen LogP contribution in [0.1, 0.15) is 53.0 Å². The van der Waals surface area contributed by atoms with Gasteiger partial charge in [-0.3, -0.25) is 10.1 Å². The predicted octanol–water partition coefficient (Wildman–Crippen LogP) is 6.08. The Balaban J connectivity index is 1.98. The van der Waals surface area contributed by atoms with Gasteiger partial charge in [-0.05, 0) is 37.8 Å². The first-order valence-electron chi connectivity index (χ1n) is 13.9. The first-order valence-corrected chi connectivity index (χ1v) is 13.9. The highest BCUT2D eigenvalue weighted by Gasteiger charge is 2.40. The number of nitro benzene ring substituents is 1. The molecule has 10 nitrogen and oxygen atoms in total. The van der Waals surface area contributed by atoms with Crippen molar-refractivity contribution in [2.75, 3.05) is 13.2 Å². The molecule has 0 spiro atoms. The summed E-state index contributed by atoms with van der Waals surface area (Å²) in [4.78, 5) is 38.6. The second kappa shape index (κ2) is 12.8. The SMILES string of the molecule is CC1=C(C(=O)OCC(C)C)C(c2cn(-c3ccccc3)nc2-c2cccc([N+](=O)[O-])c2)C(C(=O)OCC(C)C)=C(C)N1. The molecule has 0 fully saturated rings. The summed E-state index contributed by atoms with van der Waals surface area (Å²) in [5, 5.41) is 19.7. The summed E-state index contributed by atoms with van der Waals surface area (Å²) in [5.41, 5.74) is 3.55. The van der Waals surface area contributed by atoms with E-state index < -0.39 is 22.8 Å². The molecule has 1 aromatic heterocycles. The third kappa shape index (κ3) is 6.59. The van der Waals surface area contributed by atoms with E-state index in [1.165, 1.54) is 12.1 Å². The van der Waals surface area contributed by atoms with Gasteiger partial charge in [-0.15, -0.1) is 0 Å². The normalized spacial score (nSPS) is 13.9. The van der Waals surface area contributed by atoms with Gasteiger partial charge >= 0.3 is 11.9 Å². The molecule has 1 aliphatic heterocycles. The lowest BCUT2D eigenvalue weighted by atomic mass is 9.79. The molecule has 0 aliphatic carbocycles. The molecular weight excluding hydrogens is 536 g/mol. The van der Waals surface area contributed by atoms with Gasteiger partial charge in [0.25, 0.3) is 5.69 Å². The number of nitro groups is 1. The molecule has 1 aliphatic rings. The van der Waals surface area contributed by atoms with E-state index in [0.29, 0.717) is 28.2 Å². The number of hydrogen-bond donors (Lipinski definition) is 1. The van der Waals surface area contributed by atoms with Gasteiger partial charge < -0.3 is 14.8 Å². The van der Waals surface area contributed by atoms with Crippen molar-refractivity contribution in [1.29, 1.82) is 0 Å². The van der Waals surface area contributed by atoms with Gasteiger partial charge in [0.1, 0.15) is 0 Å². The minimum Gasteiger partial charge on any atom is -0.462 e. The Kier molecular flexibility index (Phi) is 9.25. The summed E-state index contributed by atoms with van der Waals surface area (Å²) in [6, 6.07) is 15.5. The molecule has 1 N–H and O–H groups in total. The molecule has 0 amide bonds. The number of aromatic nitrogens is 2. The Morgan fingerprint density at radius 2 is 1.50 bits per heavy atom. The molecule has 3 aromatic rings. The summed E-state index contributed by atoms with van der Waals surface area (Å²) < 4.78 is 13.0. The summed E-state index contributed by atoms with van der Waals surface area (Å²) in [6.07, 6.45) is 1.76. The maximum Gasteiger partial charge on any atom is 0.336 e. The number of para-hydroxylation sites is 1. The van der Waals surface area contributed by atoms with E-state index in [4.69, 9.17) is 14.6 Å². The van der Waals surface area contributed by atoms with Gasteiger partial charge in [-0.1, -0.05) is 58.0 Å². The van der Waals surface area contributed by atoms with Crippen LogP contribution in [-0.4, -0.2) is 39.9 Å². The van der Waals surface area contributed by atoms with E-state index in [9.17, 15) is 19.7 Å². The maximum absolute atomic E-state index is 13.7. The molecule has 0 saturated heterocycles. The molecule has 220 valence electrons. The first kappa shape index (κ1) is 30.2. The van der Waals surface area contributed by atoms with Crippen molar-refractivity contribution >= 4 is 17.6 Å². The predicted molar refractivity (Wildman–Crippen MR) is 159 cm³/mol. The summed E-state index contributed by atoms with van der Waals surface area (Å²) >= 11 is 0. The number of allylic oxidation sites excluding steroid dienone is 2. The number of nitrogens with zero attached hydrogens (tertiary/aromatic N) is 3. The number of benzene rings is 2. The van der Waals surface area contributed by atoms with Crippen LogP contribution >= 0.6 is 0 Å². The second-order valence-electron chi connectivity index (χ2n) is 11.1. The molecule has 0 radical (unpaired) electrons. The van der Waals surface area contributed by atoms with Crippen LogP contribution in [0.2, 0.25) is 0 Å². The second-order valence-corrected chi connectivity index (χ2v) is 11.1. The highest BCUT2D eigenvalue weighted by molar-refractivity contribution is 6.00. The van der Waals surface area contributed by atoms with Crippen LogP contribution in [0.3, 0.4) is 0 Å². The van der Waals surface area contributed by atoms with Crippen molar-refractivity contribution in [3.63, 3.8) is 0 Å². The number of rotatable bonds is 10. The average molecular weight is 573 g/mol. The quantitative estimate of drug-likeness (QED) is 0.176. The molecule has 0 saturated carbocycles. The average Bonchev–Trinajstić information content (AvgIpc) is 3.40. The molecule has 10 heteroatoms. The van der Waals surface area contributed by atoms with Gasteiger partial charge in [-0.25, -0.2) is 14.3 Å². The Morgan fingerprint density at radius 1 is 0.929 bits per heavy atom. The smallest absolute Gasteiger partial charge is 0.336 e. The van der Waals surface area contributed by atoms with Crippen molar-refractivity contribution in [1.82, 2.24) is 15.1 Å². The number of hydrogen-bond acceptors (Lipinski definition) is 8. The third-order valence-electron chi connectivity index (χ3n) is 6.70. The summed E-state index contributed by atoms with van der Waals surface area (Å²) in [6.45, 7) is 11.7. The Bertz CT molecular complexity index is 1510. The minimum absolute atomic E-state index is 0.0962. The number of ether oxygens (including phenoxy) is 2. The highest BCUT2D eigenvalue weighted by Crippen LogP contribution is 2.43. The number of carbonyl (C=O) groups excluding carboxylic acids is 2. The monoisotopic (exact) mass is 572 g/mol. The van der Waals surface area contributed by atoms with E-state index in [2.05, 4.69) is 5.32 Å². The van der Waals surface area contributed by atoms with Crippen LogP contribution in [0.5, 0.6) is 0 Å². The summed E-state index contributed by atoms with van der Waals surface area (Å²) in [5.74, 6) is -1.87. The van der Waals surface area contributed by atoms with Crippen LogP contribution in [0.25, 0.3) is 16.9 Å². The standard InChI is InChI=1S/C32H36N4O6/c1-19(2)17-41-31(37)27-21(5)33-22(6)28(32(38)42-18-20(3)4)29(27)26-16-35(24-12-8-7-9-13-24)34-30(26)23-11-10-14-25(15-23)36(39)40/h7-16,19-20,29,33H,17-18H2,1-6H3.